The van der Waals surface area contributed by atoms with Gasteiger partial charge in [-0.2, -0.15) is 0 Å². The number of ether oxygens (including phenoxy) is 1. The number of hydrogen-bond donors (Lipinski definition) is 2. The summed E-state index contributed by atoms with van der Waals surface area (Å²) in [6.45, 7) is 4.92. The van der Waals surface area contributed by atoms with E-state index in [0.717, 1.165) is 0 Å². The molecular formula is C16H18Cl2N2O3. The second-order valence-electron chi connectivity index (χ2n) is 5.16. The van der Waals surface area contributed by atoms with E-state index in [1.54, 1.807) is 30.1 Å². The highest BCUT2D eigenvalue weighted by molar-refractivity contribution is 6.42. The Bertz CT molecular complexity index is 659. The van der Waals surface area contributed by atoms with Crippen molar-refractivity contribution in [3.8, 4) is 5.75 Å². The van der Waals surface area contributed by atoms with Crippen molar-refractivity contribution in [2.75, 3.05) is 26.7 Å². The summed E-state index contributed by atoms with van der Waals surface area (Å²) >= 11 is 11.7. The largest absolute Gasteiger partial charge is 0.505 e. The van der Waals surface area contributed by atoms with Crippen LogP contribution in [0.1, 0.15) is 6.42 Å². The number of hydrogen-bond acceptors (Lipinski definition) is 4. The number of nitrogens with one attached hydrogen (secondary N) is 1. The molecule has 1 aliphatic heterocycles. The molecule has 1 heterocycles. The number of carbonyl (C=O) groups is 1. The summed E-state index contributed by atoms with van der Waals surface area (Å²) in [5.41, 5.74) is 0.793. The fourth-order valence-corrected chi connectivity index (χ4v) is 2.37. The third-order valence-electron chi connectivity index (χ3n) is 3.46. The molecule has 23 heavy (non-hydrogen) atoms. The van der Waals surface area contributed by atoms with Crippen molar-refractivity contribution in [2.24, 2.45) is 0 Å². The molecule has 0 aromatic heterocycles. The fourth-order valence-electron chi connectivity index (χ4n) is 2.08. The third kappa shape index (κ3) is 4.33. The van der Waals surface area contributed by atoms with Gasteiger partial charge in [0.05, 0.1) is 34.5 Å². The minimum Gasteiger partial charge on any atom is -0.505 e. The van der Waals surface area contributed by atoms with E-state index in [0.29, 0.717) is 53.2 Å². The molecule has 124 valence electrons. The molecule has 2 N–H and O–H groups in total. The van der Waals surface area contributed by atoms with Crippen LogP contribution >= 0.6 is 23.2 Å². The van der Waals surface area contributed by atoms with Crippen LogP contribution in [0.3, 0.4) is 0 Å². The van der Waals surface area contributed by atoms with Gasteiger partial charge < -0.3 is 20.1 Å². The highest BCUT2D eigenvalue weighted by atomic mass is 35.5. The molecule has 5 nitrogen and oxygen atoms in total. The van der Waals surface area contributed by atoms with E-state index in [-0.39, 0.29) is 11.7 Å². The monoisotopic (exact) mass is 356 g/mol. The van der Waals surface area contributed by atoms with E-state index in [2.05, 4.69) is 11.9 Å². The Kier molecular flexibility index (Phi) is 5.80. The Morgan fingerprint density at radius 3 is 2.78 bits per heavy atom. The molecule has 1 aromatic carbocycles. The summed E-state index contributed by atoms with van der Waals surface area (Å²) in [5, 5.41) is 13.5. The van der Waals surface area contributed by atoms with Gasteiger partial charge in [-0.25, -0.2) is 0 Å². The third-order valence-corrected chi connectivity index (χ3v) is 4.19. The van der Waals surface area contributed by atoms with Crippen LogP contribution in [0.15, 0.2) is 41.8 Å². The van der Waals surface area contributed by atoms with Crippen molar-refractivity contribution in [3.05, 3.63) is 51.9 Å². The van der Waals surface area contributed by atoms with E-state index < -0.39 is 0 Å². The second kappa shape index (κ2) is 7.62. The van der Waals surface area contributed by atoms with Gasteiger partial charge >= 0.3 is 0 Å². The average molecular weight is 357 g/mol. The Morgan fingerprint density at radius 2 is 2.17 bits per heavy atom. The van der Waals surface area contributed by atoms with Crippen molar-refractivity contribution in [2.45, 2.75) is 6.42 Å². The first kappa shape index (κ1) is 17.5. The molecule has 0 atom stereocenters. The maximum Gasteiger partial charge on any atom is 0.252 e. The number of rotatable bonds is 6. The van der Waals surface area contributed by atoms with Crippen LogP contribution in [0.2, 0.25) is 10.0 Å². The summed E-state index contributed by atoms with van der Waals surface area (Å²) in [5.74, 6) is 0.291. The predicted octanol–water partition coefficient (Wildman–Crippen LogP) is 3.15. The number of likely N-dealkylation sites (N-methyl/N-ethyl adjacent to an activating group) is 1. The Balaban J connectivity index is 1.72. The van der Waals surface area contributed by atoms with E-state index in [4.69, 9.17) is 27.9 Å². The lowest BCUT2D eigenvalue weighted by Gasteiger charge is -2.11. The van der Waals surface area contributed by atoms with Crippen LogP contribution in [0, 0.1) is 0 Å². The number of benzene rings is 1. The number of carbonyl (C=O) groups excluding carboxylic acids is 1. The summed E-state index contributed by atoms with van der Waals surface area (Å²) in [7, 11) is 1.77. The molecular weight excluding hydrogens is 339 g/mol. The summed E-state index contributed by atoms with van der Waals surface area (Å²) < 4.78 is 5.53. The number of nitrogens with zero attached hydrogens (tertiary/aromatic N) is 1. The normalized spacial score (nSPS) is 14.4. The van der Waals surface area contributed by atoms with Crippen molar-refractivity contribution in [1.29, 1.82) is 0 Å². The van der Waals surface area contributed by atoms with Crippen LogP contribution in [0.25, 0.3) is 0 Å². The molecule has 0 saturated heterocycles. The first-order valence-corrected chi connectivity index (χ1v) is 7.84. The summed E-state index contributed by atoms with van der Waals surface area (Å²) in [4.78, 5) is 13.7. The van der Waals surface area contributed by atoms with Gasteiger partial charge in [-0.05, 0) is 18.6 Å². The molecule has 1 aliphatic rings. The van der Waals surface area contributed by atoms with Gasteiger partial charge in [0.25, 0.3) is 5.91 Å². The van der Waals surface area contributed by atoms with Gasteiger partial charge in [-0.3, -0.25) is 4.79 Å². The quantitative estimate of drug-likeness (QED) is 0.768. The molecule has 0 fully saturated rings. The summed E-state index contributed by atoms with van der Waals surface area (Å²) in [6.07, 6.45) is 0.622. The molecule has 0 unspecified atom stereocenters. The zero-order valence-electron chi connectivity index (χ0n) is 12.7. The minimum absolute atomic E-state index is 0.0444. The van der Waals surface area contributed by atoms with Gasteiger partial charge in [-0.15, -0.1) is 0 Å². The zero-order valence-corrected chi connectivity index (χ0v) is 14.2. The molecule has 0 saturated carbocycles. The minimum atomic E-state index is -0.289. The highest BCUT2D eigenvalue weighted by Crippen LogP contribution is 2.26. The Hall–Kier alpha value is -1.85. The van der Waals surface area contributed by atoms with Crippen LogP contribution in [-0.4, -0.2) is 42.7 Å². The Labute approximate surface area is 145 Å². The van der Waals surface area contributed by atoms with Gasteiger partial charge in [-0.1, -0.05) is 29.8 Å². The molecule has 0 spiro atoms. The number of aliphatic hydroxyl groups excluding tert-OH is 1. The lowest BCUT2D eigenvalue weighted by Crippen LogP contribution is -2.29. The number of amides is 1. The van der Waals surface area contributed by atoms with E-state index in [9.17, 15) is 9.90 Å². The lowest BCUT2D eigenvalue weighted by atomic mass is 10.2. The van der Waals surface area contributed by atoms with E-state index in [1.165, 1.54) is 0 Å². The first-order chi connectivity index (χ1) is 10.9. The number of halogens is 2. The van der Waals surface area contributed by atoms with Crippen LogP contribution in [0.5, 0.6) is 5.75 Å². The second-order valence-corrected chi connectivity index (χ2v) is 5.98. The van der Waals surface area contributed by atoms with E-state index in [1.807, 2.05) is 0 Å². The topological polar surface area (TPSA) is 61.8 Å². The maximum absolute atomic E-state index is 12.0. The molecule has 1 aromatic rings. The predicted molar refractivity (Wildman–Crippen MR) is 91.0 cm³/mol. The lowest BCUT2D eigenvalue weighted by molar-refractivity contribution is -0.117. The number of aliphatic hydroxyl groups is 1. The van der Waals surface area contributed by atoms with E-state index >= 15 is 0 Å². The van der Waals surface area contributed by atoms with Crippen LogP contribution in [-0.2, 0) is 4.79 Å². The van der Waals surface area contributed by atoms with Crippen LogP contribution in [0.4, 0.5) is 0 Å². The molecule has 1 amide bonds. The fraction of sp³-hybridized carbons (Fsp3) is 0.312. The molecule has 2 rings (SSSR count). The van der Waals surface area contributed by atoms with Gasteiger partial charge in [0.15, 0.2) is 0 Å². The average Bonchev–Trinajstić information content (AvgIpc) is 2.78. The molecule has 0 aliphatic carbocycles. The SMILES string of the molecule is C=C1C(O)=C(C(=O)NCCCOc2ccc(Cl)c(Cl)c2)CN1C. The smallest absolute Gasteiger partial charge is 0.252 e. The maximum atomic E-state index is 12.0. The molecule has 0 bridgehead atoms. The van der Waals surface area contributed by atoms with Crippen molar-refractivity contribution >= 4 is 29.1 Å². The van der Waals surface area contributed by atoms with Crippen molar-refractivity contribution in [1.82, 2.24) is 10.2 Å². The standard InChI is InChI=1S/C16H18Cl2N2O3/c1-10-15(21)12(9-20(10)2)16(22)19-6-3-7-23-11-4-5-13(17)14(18)8-11/h4-5,8,21H,1,3,6-7,9H2,2H3,(H,19,22). The zero-order chi connectivity index (χ0) is 17.0. The Morgan fingerprint density at radius 1 is 1.43 bits per heavy atom. The van der Waals surface area contributed by atoms with Crippen molar-refractivity contribution < 1.29 is 14.6 Å². The molecule has 7 heteroatoms. The van der Waals surface area contributed by atoms with Gasteiger partial charge in [0, 0.05) is 19.7 Å². The van der Waals surface area contributed by atoms with Crippen molar-refractivity contribution in [3.63, 3.8) is 0 Å². The van der Waals surface area contributed by atoms with Gasteiger partial charge in [0.2, 0.25) is 0 Å². The summed E-state index contributed by atoms with van der Waals surface area (Å²) in [6, 6.07) is 5.04. The first-order valence-electron chi connectivity index (χ1n) is 7.08. The highest BCUT2D eigenvalue weighted by Gasteiger charge is 2.26. The van der Waals surface area contributed by atoms with Crippen LogP contribution < -0.4 is 10.1 Å². The van der Waals surface area contributed by atoms with Gasteiger partial charge in [0.1, 0.15) is 11.5 Å². The molecule has 0 radical (unpaired) electrons.